The zero-order valence-corrected chi connectivity index (χ0v) is 10.4. The van der Waals surface area contributed by atoms with E-state index in [4.69, 9.17) is 0 Å². The van der Waals surface area contributed by atoms with Crippen LogP contribution in [0.3, 0.4) is 0 Å². The Morgan fingerprint density at radius 1 is 1.41 bits per heavy atom. The predicted octanol–water partition coefficient (Wildman–Crippen LogP) is 3.98. The van der Waals surface area contributed by atoms with Gasteiger partial charge in [0.05, 0.1) is 5.92 Å². The molecule has 1 aromatic rings. The molecule has 1 heterocycles. The van der Waals surface area contributed by atoms with Crippen molar-refractivity contribution >= 4 is 16.5 Å². The van der Waals surface area contributed by atoms with E-state index in [9.17, 15) is 13.2 Å². The fourth-order valence-electron chi connectivity index (χ4n) is 2.21. The SMILES string of the molecule is Cc1cnc(NC2CCCC(C(F)(F)F)C2)s1. The van der Waals surface area contributed by atoms with Gasteiger partial charge in [-0.15, -0.1) is 11.3 Å². The highest BCUT2D eigenvalue weighted by Crippen LogP contribution is 2.38. The number of anilines is 1. The average molecular weight is 264 g/mol. The van der Waals surface area contributed by atoms with Crippen molar-refractivity contribution in [3.63, 3.8) is 0 Å². The highest BCUT2D eigenvalue weighted by Gasteiger charge is 2.42. The molecule has 1 N–H and O–H groups in total. The molecule has 0 aliphatic heterocycles. The van der Waals surface area contributed by atoms with Crippen molar-refractivity contribution in [1.29, 1.82) is 0 Å². The van der Waals surface area contributed by atoms with Gasteiger partial charge in [-0.3, -0.25) is 0 Å². The lowest BCUT2D eigenvalue weighted by molar-refractivity contribution is -0.182. The lowest BCUT2D eigenvalue weighted by Gasteiger charge is -2.30. The summed E-state index contributed by atoms with van der Waals surface area (Å²) in [5, 5.41) is 3.84. The summed E-state index contributed by atoms with van der Waals surface area (Å²) in [4.78, 5) is 5.19. The molecule has 2 rings (SSSR count). The molecule has 1 aromatic heterocycles. The van der Waals surface area contributed by atoms with Gasteiger partial charge < -0.3 is 5.32 Å². The second-order valence-electron chi connectivity index (χ2n) is 4.52. The van der Waals surface area contributed by atoms with Crippen molar-refractivity contribution in [2.45, 2.75) is 44.8 Å². The second-order valence-corrected chi connectivity index (χ2v) is 5.76. The van der Waals surface area contributed by atoms with Gasteiger partial charge in [0.15, 0.2) is 5.13 Å². The average Bonchev–Trinajstić information content (AvgIpc) is 2.63. The Bertz CT molecular complexity index is 375. The third kappa shape index (κ3) is 3.34. The van der Waals surface area contributed by atoms with Crippen LogP contribution in [0.2, 0.25) is 0 Å². The van der Waals surface area contributed by atoms with Crippen molar-refractivity contribution in [3.8, 4) is 0 Å². The van der Waals surface area contributed by atoms with E-state index in [1.807, 2.05) is 6.92 Å². The third-order valence-corrected chi connectivity index (χ3v) is 3.93. The molecule has 0 amide bonds. The van der Waals surface area contributed by atoms with E-state index in [0.29, 0.717) is 6.42 Å². The minimum Gasteiger partial charge on any atom is -0.359 e. The molecular weight excluding hydrogens is 249 g/mol. The largest absolute Gasteiger partial charge is 0.391 e. The third-order valence-electron chi connectivity index (χ3n) is 3.09. The maximum atomic E-state index is 12.6. The molecule has 0 spiro atoms. The van der Waals surface area contributed by atoms with Gasteiger partial charge in [-0.2, -0.15) is 13.2 Å². The molecule has 0 bridgehead atoms. The number of aryl methyl sites for hydroxylation is 1. The first-order chi connectivity index (χ1) is 7.95. The van der Waals surface area contributed by atoms with Crippen molar-refractivity contribution in [2.24, 2.45) is 5.92 Å². The van der Waals surface area contributed by atoms with Crippen LogP contribution in [-0.2, 0) is 0 Å². The topological polar surface area (TPSA) is 24.9 Å². The Kier molecular flexibility index (Phi) is 3.61. The maximum absolute atomic E-state index is 12.6. The summed E-state index contributed by atoms with van der Waals surface area (Å²) < 4.78 is 37.9. The van der Waals surface area contributed by atoms with Gasteiger partial charge in [-0.05, 0) is 26.2 Å². The first-order valence-electron chi connectivity index (χ1n) is 5.71. The monoisotopic (exact) mass is 264 g/mol. The van der Waals surface area contributed by atoms with Crippen LogP contribution in [0, 0.1) is 12.8 Å². The van der Waals surface area contributed by atoms with Gasteiger partial charge >= 0.3 is 6.18 Å². The Balaban J connectivity index is 1.94. The van der Waals surface area contributed by atoms with E-state index >= 15 is 0 Å². The molecular formula is C11H15F3N2S. The second kappa shape index (κ2) is 4.84. The van der Waals surface area contributed by atoms with Crippen molar-refractivity contribution < 1.29 is 13.2 Å². The predicted molar refractivity (Wildman–Crippen MR) is 62.3 cm³/mol. The highest BCUT2D eigenvalue weighted by molar-refractivity contribution is 7.15. The van der Waals surface area contributed by atoms with Crippen LogP contribution in [-0.4, -0.2) is 17.2 Å². The standard InChI is InChI=1S/C11H15F3N2S/c1-7-6-15-10(17-7)16-9-4-2-3-8(5-9)11(12,13)14/h6,8-9H,2-5H2,1H3,(H,15,16). The minimum atomic E-state index is -4.06. The number of alkyl halides is 3. The molecule has 2 nitrogen and oxygen atoms in total. The number of nitrogens with zero attached hydrogens (tertiary/aromatic N) is 1. The van der Waals surface area contributed by atoms with Crippen LogP contribution >= 0.6 is 11.3 Å². The first-order valence-corrected chi connectivity index (χ1v) is 6.52. The van der Waals surface area contributed by atoms with Crippen LogP contribution in [0.25, 0.3) is 0 Å². The van der Waals surface area contributed by atoms with Gasteiger partial charge in [0.25, 0.3) is 0 Å². The quantitative estimate of drug-likeness (QED) is 0.873. The Morgan fingerprint density at radius 3 is 2.76 bits per heavy atom. The molecule has 2 unspecified atom stereocenters. The fourth-order valence-corrected chi connectivity index (χ4v) is 2.96. The zero-order chi connectivity index (χ0) is 12.5. The van der Waals surface area contributed by atoms with Crippen LogP contribution in [0.15, 0.2) is 6.20 Å². The first kappa shape index (κ1) is 12.7. The Morgan fingerprint density at radius 2 is 2.18 bits per heavy atom. The van der Waals surface area contributed by atoms with Crippen LogP contribution < -0.4 is 5.32 Å². The molecule has 0 aromatic carbocycles. The number of hydrogen-bond donors (Lipinski definition) is 1. The zero-order valence-electron chi connectivity index (χ0n) is 9.55. The summed E-state index contributed by atoms with van der Waals surface area (Å²) in [7, 11) is 0. The molecule has 1 saturated carbocycles. The summed E-state index contributed by atoms with van der Waals surface area (Å²) in [6.07, 6.45) is -0.464. The molecule has 1 aliphatic rings. The maximum Gasteiger partial charge on any atom is 0.391 e. The van der Waals surface area contributed by atoms with E-state index in [1.54, 1.807) is 6.20 Å². The smallest absolute Gasteiger partial charge is 0.359 e. The van der Waals surface area contributed by atoms with Crippen LogP contribution in [0.1, 0.15) is 30.6 Å². The lowest BCUT2D eigenvalue weighted by atomic mass is 9.85. The van der Waals surface area contributed by atoms with Crippen molar-refractivity contribution in [1.82, 2.24) is 4.98 Å². The summed E-state index contributed by atoms with van der Waals surface area (Å²) in [6, 6.07) is -0.0964. The minimum absolute atomic E-state index is 0.0964. The number of aromatic nitrogens is 1. The molecule has 17 heavy (non-hydrogen) atoms. The Hall–Kier alpha value is -0.780. The number of thiazole rings is 1. The van der Waals surface area contributed by atoms with Gasteiger partial charge in [0.2, 0.25) is 0 Å². The van der Waals surface area contributed by atoms with E-state index in [0.717, 1.165) is 16.4 Å². The lowest BCUT2D eigenvalue weighted by Crippen LogP contribution is -2.34. The Labute approximate surface area is 102 Å². The summed E-state index contributed by atoms with van der Waals surface area (Å²) in [5.74, 6) is -1.16. The van der Waals surface area contributed by atoms with Gasteiger partial charge in [0.1, 0.15) is 0 Å². The highest BCUT2D eigenvalue weighted by atomic mass is 32.1. The van der Waals surface area contributed by atoms with Crippen LogP contribution in [0.5, 0.6) is 0 Å². The molecule has 6 heteroatoms. The van der Waals surface area contributed by atoms with Gasteiger partial charge in [0, 0.05) is 17.1 Å². The van der Waals surface area contributed by atoms with E-state index in [2.05, 4.69) is 10.3 Å². The fraction of sp³-hybridized carbons (Fsp3) is 0.727. The summed E-state index contributed by atoms with van der Waals surface area (Å²) in [6.45, 7) is 1.93. The van der Waals surface area contributed by atoms with Gasteiger partial charge in [-0.1, -0.05) is 6.42 Å². The molecule has 96 valence electrons. The van der Waals surface area contributed by atoms with E-state index in [-0.39, 0.29) is 18.9 Å². The normalized spacial score (nSPS) is 25.9. The summed E-state index contributed by atoms with van der Waals surface area (Å²) >= 11 is 1.49. The number of rotatable bonds is 2. The summed E-state index contributed by atoms with van der Waals surface area (Å²) in [5.41, 5.74) is 0. The van der Waals surface area contributed by atoms with Crippen LogP contribution in [0.4, 0.5) is 18.3 Å². The number of hydrogen-bond acceptors (Lipinski definition) is 3. The number of halogens is 3. The molecule has 1 aliphatic carbocycles. The molecule has 2 atom stereocenters. The molecule has 0 saturated heterocycles. The van der Waals surface area contributed by atoms with Crippen molar-refractivity contribution in [3.05, 3.63) is 11.1 Å². The number of nitrogens with one attached hydrogen (secondary N) is 1. The van der Waals surface area contributed by atoms with E-state index < -0.39 is 12.1 Å². The van der Waals surface area contributed by atoms with Gasteiger partial charge in [-0.25, -0.2) is 4.98 Å². The molecule has 0 radical (unpaired) electrons. The van der Waals surface area contributed by atoms with Crippen molar-refractivity contribution in [2.75, 3.05) is 5.32 Å². The van der Waals surface area contributed by atoms with E-state index in [1.165, 1.54) is 11.3 Å². The molecule has 1 fully saturated rings.